The third-order valence-electron chi connectivity index (χ3n) is 2.09. The minimum atomic E-state index is -0.435. The fourth-order valence-corrected chi connectivity index (χ4v) is 2.33. The maximum Gasteiger partial charge on any atom is 0.343 e. The third-order valence-corrected chi connectivity index (χ3v) is 3.05. The molecule has 0 aliphatic rings. The van der Waals surface area contributed by atoms with E-state index in [9.17, 15) is 10.1 Å². The predicted octanol–water partition coefficient (Wildman–Crippen LogP) is 1.47. The third kappa shape index (κ3) is 4.11. The van der Waals surface area contributed by atoms with Crippen molar-refractivity contribution in [2.24, 2.45) is 0 Å². The number of hydrogen-bond donors (Lipinski definition) is 1. The summed E-state index contributed by atoms with van der Waals surface area (Å²) < 4.78 is 0. The number of nitrogens with one attached hydrogen (secondary N) is 1. The Morgan fingerprint density at radius 3 is 2.78 bits per heavy atom. The van der Waals surface area contributed by atoms with E-state index in [1.807, 2.05) is 25.9 Å². The zero-order valence-corrected chi connectivity index (χ0v) is 11.5. The molecule has 1 aromatic heterocycles. The van der Waals surface area contributed by atoms with Crippen LogP contribution in [-0.4, -0.2) is 52.7 Å². The molecule has 1 rings (SSSR count). The van der Waals surface area contributed by atoms with Crippen LogP contribution in [0, 0.1) is 10.1 Å². The Morgan fingerprint density at radius 1 is 1.50 bits per heavy atom. The zero-order chi connectivity index (χ0) is 13.5. The van der Waals surface area contributed by atoms with Gasteiger partial charge in [-0.3, -0.25) is 10.1 Å². The van der Waals surface area contributed by atoms with Crippen LogP contribution in [0.15, 0.2) is 11.4 Å². The molecule has 0 aromatic carbocycles. The molecule has 0 saturated carbocycles. The van der Waals surface area contributed by atoms with Gasteiger partial charge in [0.25, 0.3) is 0 Å². The van der Waals surface area contributed by atoms with E-state index in [0.717, 1.165) is 12.3 Å². The summed E-state index contributed by atoms with van der Waals surface area (Å²) >= 11 is 1.37. The van der Waals surface area contributed by atoms with E-state index in [1.165, 1.54) is 18.1 Å². The normalized spacial score (nSPS) is 10.7. The van der Waals surface area contributed by atoms with E-state index in [2.05, 4.69) is 15.3 Å². The first-order chi connectivity index (χ1) is 8.56. The first-order valence-corrected chi connectivity index (χ1v) is 6.55. The lowest BCUT2D eigenvalue weighted by Crippen LogP contribution is -2.15. The van der Waals surface area contributed by atoms with Crippen LogP contribution in [0.2, 0.25) is 0 Å². The topological polar surface area (TPSA) is 84.2 Å². The molecule has 0 saturated heterocycles. The van der Waals surface area contributed by atoms with Crippen molar-refractivity contribution in [3.05, 3.63) is 16.4 Å². The average molecular weight is 271 g/mol. The van der Waals surface area contributed by atoms with Crippen LogP contribution in [-0.2, 0) is 0 Å². The molecule has 7 nitrogen and oxygen atoms in total. The summed E-state index contributed by atoms with van der Waals surface area (Å²) in [5.74, 6) is 1.03. The van der Waals surface area contributed by atoms with Crippen molar-refractivity contribution in [1.29, 1.82) is 0 Å². The van der Waals surface area contributed by atoms with Gasteiger partial charge in [-0.05, 0) is 21.0 Å². The number of hydrogen-bond acceptors (Lipinski definition) is 7. The summed E-state index contributed by atoms with van der Waals surface area (Å²) in [6.07, 6.45) is 1.35. The summed E-state index contributed by atoms with van der Waals surface area (Å²) in [4.78, 5) is 20.6. The Balaban J connectivity index is 2.88. The fourth-order valence-electron chi connectivity index (χ4n) is 1.25. The Labute approximate surface area is 110 Å². The Morgan fingerprint density at radius 2 is 2.22 bits per heavy atom. The molecule has 0 amide bonds. The van der Waals surface area contributed by atoms with Gasteiger partial charge in [-0.15, -0.1) is 0 Å². The number of nitro groups is 1. The van der Waals surface area contributed by atoms with Crippen LogP contribution < -0.4 is 5.32 Å². The molecule has 1 aromatic rings. The van der Waals surface area contributed by atoms with Crippen LogP contribution in [0.25, 0.3) is 0 Å². The maximum atomic E-state index is 11.1. The monoisotopic (exact) mass is 271 g/mol. The molecule has 100 valence electrons. The summed E-state index contributed by atoms with van der Waals surface area (Å²) in [7, 11) is 3.91. The van der Waals surface area contributed by atoms with E-state index in [4.69, 9.17) is 0 Å². The number of rotatable bonds is 7. The average Bonchev–Trinajstić information content (AvgIpc) is 2.28. The van der Waals surface area contributed by atoms with E-state index in [0.29, 0.717) is 11.6 Å². The molecule has 0 atom stereocenters. The minimum absolute atomic E-state index is 0.0388. The van der Waals surface area contributed by atoms with Gasteiger partial charge in [-0.1, -0.05) is 11.8 Å². The lowest BCUT2D eigenvalue weighted by molar-refractivity contribution is -0.387. The van der Waals surface area contributed by atoms with Gasteiger partial charge in [0, 0.05) is 18.8 Å². The summed E-state index contributed by atoms with van der Waals surface area (Å²) in [6.45, 7) is 3.28. The number of thioether (sulfide) groups is 1. The molecule has 0 bridgehead atoms. The van der Waals surface area contributed by atoms with Crippen LogP contribution in [0.1, 0.15) is 6.92 Å². The van der Waals surface area contributed by atoms with Crippen molar-refractivity contribution < 1.29 is 4.92 Å². The summed E-state index contributed by atoms with van der Waals surface area (Å²) in [5.41, 5.74) is -0.0388. The lowest BCUT2D eigenvalue weighted by Gasteiger charge is -2.09. The smallest absolute Gasteiger partial charge is 0.343 e. The second-order valence-corrected chi connectivity index (χ2v) is 4.90. The largest absolute Gasteiger partial charge is 0.364 e. The lowest BCUT2D eigenvalue weighted by atomic mass is 10.5. The van der Waals surface area contributed by atoms with Crippen molar-refractivity contribution in [3.63, 3.8) is 0 Å². The fraction of sp³-hybridized carbons (Fsp3) is 0.600. The van der Waals surface area contributed by atoms with Gasteiger partial charge in [0.1, 0.15) is 6.33 Å². The van der Waals surface area contributed by atoms with Gasteiger partial charge < -0.3 is 10.2 Å². The quantitative estimate of drug-likeness (QED) is 0.348. The van der Waals surface area contributed by atoms with Crippen LogP contribution in [0.4, 0.5) is 11.5 Å². The summed E-state index contributed by atoms with van der Waals surface area (Å²) in [6, 6.07) is 0. The highest BCUT2D eigenvalue weighted by atomic mass is 32.2. The van der Waals surface area contributed by atoms with Crippen LogP contribution in [0.5, 0.6) is 0 Å². The van der Waals surface area contributed by atoms with Gasteiger partial charge >= 0.3 is 5.69 Å². The van der Waals surface area contributed by atoms with Crippen molar-refractivity contribution in [1.82, 2.24) is 14.9 Å². The highest BCUT2D eigenvalue weighted by Crippen LogP contribution is 2.31. The molecule has 0 unspecified atom stereocenters. The van der Waals surface area contributed by atoms with E-state index >= 15 is 0 Å². The minimum Gasteiger partial charge on any atom is -0.364 e. The molecule has 1 heterocycles. The maximum absolute atomic E-state index is 11.1. The van der Waals surface area contributed by atoms with Crippen LogP contribution in [0.3, 0.4) is 0 Å². The predicted molar refractivity (Wildman–Crippen MR) is 72.1 cm³/mol. The highest BCUT2D eigenvalue weighted by Gasteiger charge is 2.22. The first kappa shape index (κ1) is 14.7. The molecule has 0 radical (unpaired) electrons. The first-order valence-electron chi connectivity index (χ1n) is 5.57. The Hall–Kier alpha value is -1.41. The molecule has 18 heavy (non-hydrogen) atoms. The molecule has 0 aliphatic carbocycles. The molecule has 8 heteroatoms. The second-order valence-electron chi connectivity index (χ2n) is 3.82. The zero-order valence-electron chi connectivity index (χ0n) is 10.7. The highest BCUT2D eigenvalue weighted by molar-refractivity contribution is 7.99. The van der Waals surface area contributed by atoms with Crippen molar-refractivity contribution in [2.75, 3.05) is 38.3 Å². The van der Waals surface area contributed by atoms with E-state index < -0.39 is 4.92 Å². The number of aromatic nitrogens is 2. The SMILES string of the molecule is CCNc1ncnc(SCCN(C)C)c1[N+](=O)[O-]. The van der Waals surface area contributed by atoms with Gasteiger partial charge in [0.2, 0.25) is 5.82 Å². The molecular formula is C10H17N5O2S. The van der Waals surface area contributed by atoms with Crippen molar-refractivity contribution in [2.45, 2.75) is 11.9 Å². The van der Waals surface area contributed by atoms with E-state index in [1.54, 1.807) is 0 Å². The molecule has 0 aliphatic heterocycles. The molecule has 0 spiro atoms. The number of anilines is 1. The van der Waals surface area contributed by atoms with Gasteiger partial charge in [-0.2, -0.15) is 0 Å². The van der Waals surface area contributed by atoms with Gasteiger partial charge in [0.15, 0.2) is 5.03 Å². The molecule has 0 fully saturated rings. The standard InChI is InChI=1S/C10H17N5O2S/c1-4-11-9-8(15(16)17)10(13-7-12-9)18-6-5-14(2)3/h7H,4-6H2,1-3H3,(H,11,12,13). The van der Waals surface area contributed by atoms with Gasteiger partial charge in [0.05, 0.1) is 4.92 Å². The van der Waals surface area contributed by atoms with E-state index in [-0.39, 0.29) is 11.5 Å². The van der Waals surface area contributed by atoms with Gasteiger partial charge in [-0.25, -0.2) is 9.97 Å². The Bertz CT molecular complexity index is 413. The Kier molecular flexibility index (Phi) is 5.79. The molecule has 1 N–H and O–H groups in total. The van der Waals surface area contributed by atoms with Crippen molar-refractivity contribution in [3.8, 4) is 0 Å². The summed E-state index contributed by atoms with van der Waals surface area (Å²) in [5, 5.41) is 14.4. The second kappa shape index (κ2) is 7.12. The molecular weight excluding hydrogens is 254 g/mol. The van der Waals surface area contributed by atoms with Crippen LogP contribution >= 0.6 is 11.8 Å². The number of nitrogens with zero attached hydrogens (tertiary/aromatic N) is 4. The van der Waals surface area contributed by atoms with Crippen molar-refractivity contribution >= 4 is 23.3 Å².